The monoisotopic (exact) mass is 391 g/mol. The third kappa shape index (κ3) is 4.72. The van der Waals surface area contributed by atoms with Gasteiger partial charge < -0.3 is 15.1 Å². The molecule has 1 fully saturated rings. The Labute approximate surface area is 171 Å². The van der Waals surface area contributed by atoms with Crippen molar-refractivity contribution in [2.24, 2.45) is 0 Å². The highest BCUT2D eigenvalue weighted by Gasteiger charge is 2.30. The summed E-state index contributed by atoms with van der Waals surface area (Å²) < 4.78 is 0. The molecule has 7 nitrogen and oxygen atoms in total. The van der Waals surface area contributed by atoms with E-state index in [0.717, 1.165) is 12.0 Å². The number of likely N-dealkylation sites (N-methyl/N-ethyl adjacent to an activating group) is 1. The molecule has 1 aliphatic heterocycles. The molecular weight excluding hydrogens is 366 g/mol. The summed E-state index contributed by atoms with van der Waals surface area (Å²) in [7, 11) is 1.77. The minimum Gasteiger partial charge on any atom is -0.364 e. The standard InChI is InChI=1S/C22H25N5O2/c1-15(18-6-4-5-17(11-18)12-23)25-21-8-7-19(13-24-21)22(29)27-10-9-20(14-27)26(3)16(2)28/h4-8,11,13,15,20H,9-10,14H2,1-3H3,(H,24,25)/t15?,20-/m0/s1. The summed E-state index contributed by atoms with van der Waals surface area (Å²) in [6, 6.07) is 13.2. The summed E-state index contributed by atoms with van der Waals surface area (Å²) in [5, 5.41) is 12.3. The van der Waals surface area contributed by atoms with Crippen LogP contribution in [0.2, 0.25) is 0 Å². The van der Waals surface area contributed by atoms with Crippen LogP contribution in [0.1, 0.15) is 47.8 Å². The molecule has 3 rings (SSSR count). The van der Waals surface area contributed by atoms with Gasteiger partial charge in [0.05, 0.1) is 23.2 Å². The summed E-state index contributed by atoms with van der Waals surface area (Å²) >= 11 is 0. The van der Waals surface area contributed by atoms with Crippen LogP contribution in [-0.2, 0) is 4.79 Å². The number of likely N-dealkylation sites (tertiary alicyclic amines) is 1. The molecule has 1 aromatic heterocycles. The van der Waals surface area contributed by atoms with Gasteiger partial charge in [-0.3, -0.25) is 9.59 Å². The molecule has 7 heteroatoms. The molecule has 0 radical (unpaired) electrons. The Morgan fingerprint density at radius 2 is 2.14 bits per heavy atom. The van der Waals surface area contributed by atoms with Crippen molar-refractivity contribution in [2.75, 3.05) is 25.5 Å². The van der Waals surface area contributed by atoms with E-state index in [0.29, 0.717) is 30.0 Å². The van der Waals surface area contributed by atoms with Gasteiger partial charge >= 0.3 is 0 Å². The first-order valence-electron chi connectivity index (χ1n) is 9.64. The molecule has 2 aromatic rings. The fourth-order valence-corrected chi connectivity index (χ4v) is 3.47. The number of carbonyl (C=O) groups is 2. The topological polar surface area (TPSA) is 89.3 Å². The minimum atomic E-state index is -0.0710. The molecule has 29 heavy (non-hydrogen) atoms. The van der Waals surface area contributed by atoms with E-state index in [2.05, 4.69) is 16.4 Å². The normalized spacial score (nSPS) is 16.8. The molecule has 0 bridgehead atoms. The SMILES string of the molecule is CC(=O)N(C)[C@H]1CCN(C(=O)c2ccc(NC(C)c3cccc(C#N)c3)nc2)C1. The van der Waals surface area contributed by atoms with Crippen LogP contribution in [0.3, 0.4) is 0 Å². The van der Waals surface area contributed by atoms with Gasteiger partial charge in [-0.15, -0.1) is 0 Å². The molecule has 2 atom stereocenters. The minimum absolute atomic E-state index is 0.0100. The Bertz CT molecular complexity index is 935. The molecule has 1 aromatic carbocycles. The van der Waals surface area contributed by atoms with E-state index in [1.807, 2.05) is 25.1 Å². The van der Waals surface area contributed by atoms with Crippen molar-refractivity contribution in [1.82, 2.24) is 14.8 Å². The first-order chi connectivity index (χ1) is 13.9. The van der Waals surface area contributed by atoms with Gasteiger partial charge in [0.1, 0.15) is 5.82 Å². The van der Waals surface area contributed by atoms with Crippen LogP contribution < -0.4 is 5.32 Å². The quantitative estimate of drug-likeness (QED) is 0.847. The molecule has 1 unspecified atom stereocenters. The Morgan fingerprint density at radius 3 is 2.79 bits per heavy atom. The van der Waals surface area contributed by atoms with Gasteiger partial charge in [0.2, 0.25) is 5.91 Å². The largest absolute Gasteiger partial charge is 0.364 e. The van der Waals surface area contributed by atoms with Crippen LogP contribution in [0, 0.1) is 11.3 Å². The van der Waals surface area contributed by atoms with Crippen LogP contribution in [0.5, 0.6) is 0 Å². The fraction of sp³-hybridized carbons (Fsp3) is 0.364. The lowest BCUT2D eigenvalue weighted by Gasteiger charge is -2.23. The number of amides is 2. The van der Waals surface area contributed by atoms with E-state index in [9.17, 15) is 9.59 Å². The zero-order chi connectivity index (χ0) is 21.0. The molecule has 0 aliphatic carbocycles. The van der Waals surface area contributed by atoms with Gasteiger partial charge in [-0.25, -0.2) is 4.98 Å². The average Bonchev–Trinajstić information content (AvgIpc) is 3.23. The van der Waals surface area contributed by atoms with Gasteiger partial charge in [0, 0.05) is 39.3 Å². The molecule has 1 saturated heterocycles. The number of aromatic nitrogens is 1. The lowest BCUT2D eigenvalue weighted by Crippen LogP contribution is -2.38. The number of nitriles is 1. The average molecular weight is 391 g/mol. The van der Waals surface area contributed by atoms with Crippen LogP contribution >= 0.6 is 0 Å². The summed E-state index contributed by atoms with van der Waals surface area (Å²) in [5.74, 6) is 0.598. The number of rotatable bonds is 5. The lowest BCUT2D eigenvalue weighted by molar-refractivity contribution is -0.129. The second-order valence-electron chi connectivity index (χ2n) is 7.36. The van der Waals surface area contributed by atoms with E-state index in [1.54, 1.807) is 41.2 Å². The third-order valence-electron chi connectivity index (χ3n) is 5.39. The van der Waals surface area contributed by atoms with Gasteiger partial charge in [-0.05, 0) is 43.2 Å². The predicted molar refractivity (Wildman–Crippen MR) is 110 cm³/mol. The molecule has 2 amide bonds. The number of carbonyl (C=O) groups excluding carboxylic acids is 2. The molecule has 1 aliphatic rings. The van der Waals surface area contributed by atoms with Gasteiger partial charge in [-0.2, -0.15) is 5.26 Å². The van der Waals surface area contributed by atoms with Gasteiger partial charge in [0.25, 0.3) is 5.91 Å². The Morgan fingerprint density at radius 1 is 1.34 bits per heavy atom. The second kappa shape index (κ2) is 8.74. The number of nitrogens with zero attached hydrogens (tertiary/aromatic N) is 4. The van der Waals surface area contributed by atoms with E-state index >= 15 is 0 Å². The van der Waals surface area contributed by atoms with Crippen molar-refractivity contribution in [3.8, 4) is 6.07 Å². The number of hydrogen-bond donors (Lipinski definition) is 1. The zero-order valence-corrected chi connectivity index (χ0v) is 16.9. The maximum absolute atomic E-state index is 12.7. The van der Waals surface area contributed by atoms with Crippen molar-refractivity contribution in [3.63, 3.8) is 0 Å². The second-order valence-corrected chi connectivity index (χ2v) is 7.36. The highest BCUT2D eigenvalue weighted by Crippen LogP contribution is 2.21. The Kier molecular flexibility index (Phi) is 6.13. The zero-order valence-electron chi connectivity index (χ0n) is 16.9. The van der Waals surface area contributed by atoms with E-state index < -0.39 is 0 Å². The number of benzene rings is 1. The molecule has 150 valence electrons. The molecule has 2 heterocycles. The third-order valence-corrected chi connectivity index (χ3v) is 5.39. The highest BCUT2D eigenvalue weighted by molar-refractivity contribution is 5.94. The summed E-state index contributed by atoms with van der Waals surface area (Å²) in [4.78, 5) is 32.1. The van der Waals surface area contributed by atoms with Gasteiger partial charge in [0.15, 0.2) is 0 Å². The Balaban J connectivity index is 1.62. The van der Waals surface area contributed by atoms with Crippen molar-refractivity contribution in [1.29, 1.82) is 5.26 Å². The lowest BCUT2D eigenvalue weighted by atomic mass is 10.1. The number of anilines is 1. The molecule has 1 N–H and O–H groups in total. The molecule has 0 spiro atoms. The van der Waals surface area contributed by atoms with E-state index in [-0.39, 0.29) is 23.9 Å². The number of pyridine rings is 1. The molecular formula is C22H25N5O2. The van der Waals surface area contributed by atoms with E-state index in [1.165, 1.54) is 6.92 Å². The van der Waals surface area contributed by atoms with Gasteiger partial charge in [-0.1, -0.05) is 12.1 Å². The Hall–Kier alpha value is -3.40. The van der Waals surface area contributed by atoms with Crippen molar-refractivity contribution in [3.05, 3.63) is 59.3 Å². The molecule has 0 saturated carbocycles. The first-order valence-corrected chi connectivity index (χ1v) is 9.64. The number of hydrogen-bond acceptors (Lipinski definition) is 5. The van der Waals surface area contributed by atoms with Crippen molar-refractivity contribution in [2.45, 2.75) is 32.4 Å². The smallest absolute Gasteiger partial charge is 0.255 e. The van der Waals surface area contributed by atoms with E-state index in [4.69, 9.17) is 5.26 Å². The van der Waals surface area contributed by atoms with Crippen LogP contribution in [0.15, 0.2) is 42.6 Å². The van der Waals surface area contributed by atoms with Crippen LogP contribution in [0.4, 0.5) is 5.82 Å². The maximum Gasteiger partial charge on any atom is 0.255 e. The number of nitrogens with one attached hydrogen (secondary N) is 1. The van der Waals surface area contributed by atoms with Crippen molar-refractivity contribution >= 4 is 17.6 Å². The van der Waals surface area contributed by atoms with Crippen LogP contribution in [0.25, 0.3) is 0 Å². The highest BCUT2D eigenvalue weighted by atomic mass is 16.2. The fourth-order valence-electron chi connectivity index (χ4n) is 3.47. The maximum atomic E-state index is 12.7. The summed E-state index contributed by atoms with van der Waals surface area (Å²) in [5.41, 5.74) is 2.13. The summed E-state index contributed by atoms with van der Waals surface area (Å²) in [6.07, 6.45) is 2.36. The predicted octanol–water partition coefficient (Wildman–Crippen LogP) is 2.82. The van der Waals surface area contributed by atoms with Crippen LogP contribution in [-0.4, -0.2) is 52.8 Å². The summed E-state index contributed by atoms with van der Waals surface area (Å²) in [6.45, 7) is 4.71. The van der Waals surface area contributed by atoms with Crippen molar-refractivity contribution < 1.29 is 9.59 Å². The first kappa shape index (κ1) is 20.3.